The van der Waals surface area contributed by atoms with E-state index in [0.29, 0.717) is 23.1 Å². The minimum absolute atomic E-state index is 0.0745. The van der Waals surface area contributed by atoms with Crippen LogP contribution in [0.5, 0.6) is 0 Å². The fourth-order valence-electron chi connectivity index (χ4n) is 1.60. The summed E-state index contributed by atoms with van der Waals surface area (Å²) in [6, 6.07) is 4.44. The lowest BCUT2D eigenvalue weighted by Gasteiger charge is -2.12. The van der Waals surface area contributed by atoms with Gasteiger partial charge in [0.25, 0.3) is 0 Å². The highest BCUT2D eigenvalue weighted by Crippen LogP contribution is 2.25. The lowest BCUT2D eigenvalue weighted by Crippen LogP contribution is -2.13. The molecule has 0 radical (unpaired) electrons. The Bertz CT molecular complexity index is 617. The Hall–Kier alpha value is -1.92. The summed E-state index contributed by atoms with van der Waals surface area (Å²) in [4.78, 5) is 8.40. The number of benzene rings is 1. The Morgan fingerprint density at radius 3 is 2.53 bits per heavy atom. The maximum Gasteiger partial charge on any atom is 0.148 e. The SMILES string of the molecule is Cc1nc(NN)c(C)c(Nc2ccc(Cl)c(F)c2)n1. The third kappa shape index (κ3) is 2.91. The van der Waals surface area contributed by atoms with Gasteiger partial charge in [0.2, 0.25) is 0 Å². The van der Waals surface area contributed by atoms with Crippen molar-refractivity contribution in [3.63, 3.8) is 0 Å². The number of halogens is 2. The number of nitrogens with two attached hydrogens (primary N) is 1. The molecule has 1 aromatic heterocycles. The monoisotopic (exact) mass is 281 g/mol. The predicted molar refractivity (Wildman–Crippen MR) is 74.0 cm³/mol. The minimum atomic E-state index is -0.493. The first-order valence-corrected chi connectivity index (χ1v) is 5.93. The molecule has 0 saturated carbocycles. The molecule has 0 amide bonds. The van der Waals surface area contributed by atoms with E-state index < -0.39 is 5.82 Å². The molecule has 0 bridgehead atoms. The van der Waals surface area contributed by atoms with Gasteiger partial charge < -0.3 is 10.7 Å². The summed E-state index contributed by atoms with van der Waals surface area (Å²) < 4.78 is 13.4. The van der Waals surface area contributed by atoms with Gasteiger partial charge in [0, 0.05) is 11.3 Å². The van der Waals surface area contributed by atoms with E-state index in [9.17, 15) is 4.39 Å². The molecule has 1 heterocycles. The Kier molecular flexibility index (Phi) is 3.82. The zero-order valence-electron chi connectivity index (χ0n) is 10.5. The summed E-state index contributed by atoms with van der Waals surface area (Å²) in [6.45, 7) is 3.55. The summed E-state index contributed by atoms with van der Waals surface area (Å²) in [5, 5.41) is 3.08. The second-order valence-corrected chi connectivity index (χ2v) is 4.40. The molecule has 1 aromatic carbocycles. The highest BCUT2D eigenvalue weighted by atomic mass is 35.5. The van der Waals surface area contributed by atoms with Crippen molar-refractivity contribution in [2.45, 2.75) is 13.8 Å². The van der Waals surface area contributed by atoms with Gasteiger partial charge in [-0.15, -0.1) is 0 Å². The zero-order chi connectivity index (χ0) is 14.0. The molecule has 0 unspecified atom stereocenters. The molecule has 0 spiro atoms. The predicted octanol–water partition coefficient (Wildman–Crippen LogP) is 2.92. The largest absolute Gasteiger partial charge is 0.340 e. The van der Waals surface area contributed by atoms with Crippen LogP contribution < -0.4 is 16.6 Å². The number of hydrogen-bond donors (Lipinski definition) is 3. The van der Waals surface area contributed by atoms with Gasteiger partial charge in [0.05, 0.1) is 5.02 Å². The first-order valence-electron chi connectivity index (χ1n) is 5.55. The molecule has 0 fully saturated rings. The summed E-state index contributed by atoms with van der Waals surface area (Å²) in [6.07, 6.45) is 0. The number of nitrogens with zero attached hydrogens (tertiary/aromatic N) is 2. The highest BCUT2D eigenvalue weighted by molar-refractivity contribution is 6.30. The van der Waals surface area contributed by atoms with E-state index in [1.165, 1.54) is 12.1 Å². The van der Waals surface area contributed by atoms with Crippen LogP contribution in [0, 0.1) is 19.7 Å². The third-order valence-electron chi connectivity index (χ3n) is 2.58. The van der Waals surface area contributed by atoms with Crippen LogP contribution in [-0.4, -0.2) is 9.97 Å². The number of nitrogen functional groups attached to an aromatic ring is 1. The quantitative estimate of drug-likeness (QED) is 0.596. The second kappa shape index (κ2) is 5.38. The standard InChI is InChI=1S/C12H13ClFN5/c1-6-11(16-7(2)17-12(6)19-15)18-8-3-4-9(13)10(14)5-8/h3-5H,15H2,1-2H3,(H2,16,17,18,19). The molecular formula is C12H13ClFN5. The van der Waals surface area contributed by atoms with Crippen LogP contribution >= 0.6 is 11.6 Å². The number of rotatable bonds is 3. The highest BCUT2D eigenvalue weighted by Gasteiger charge is 2.09. The molecule has 0 saturated heterocycles. The van der Waals surface area contributed by atoms with Crippen LogP contribution in [0.4, 0.5) is 21.7 Å². The first-order chi connectivity index (χ1) is 9.01. The summed E-state index contributed by atoms with van der Waals surface area (Å²) in [7, 11) is 0. The van der Waals surface area contributed by atoms with E-state index in [1.807, 2.05) is 6.92 Å². The van der Waals surface area contributed by atoms with E-state index in [1.54, 1.807) is 13.0 Å². The Labute approximate surface area is 115 Å². The zero-order valence-corrected chi connectivity index (χ0v) is 11.2. The molecule has 0 atom stereocenters. The molecule has 19 heavy (non-hydrogen) atoms. The molecule has 0 aliphatic rings. The van der Waals surface area contributed by atoms with Crippen LogP contribution in [0.1, 0.15) is 11.4 Å². The van der Waals surface area contributed by atoms with Crippen molar-refractivity contribution in [3.05, 3.63) is 40.4 Å². The third-order valence-corrected chi connectivity index (χ3v) is 2.88. The Balaban J connectivity index is 2.37. The fraction of sp³-hybridized carbons (Fsp3) is 0.167. The molecule has 2 aromatic rings. The lowest BCUT2D eigenvalue weighted by atomic mass is 10.2. The normalized spacial score (nSPS) is 10.4. The summed E-state index contributed by atoms with van der Waals surface area (Å²) in [5.74, 6) is 6.51. The van der Waals surface area contributed by atoms with Crippen molar-refractivity contribution in [2.75, 3.05) is 10.7 Å². The molecule has 0 aliphatic carbocycles. The van der Waals surface area contributed by atoms with Crippen LogP contribution in [0.3, 0.4) is 0 Å². The maximum absolute atomic E-state index is 13.4. The van der Waals surface area contributed by atoms with Gasteiger partial charge in [0.15, 0.2) is 0 Å². The van der Waals surface area contributed by atoms with Crippen LogP contribution in [-0.2, 0) is 0 Å². The van der Waals surface area contributed by atoms with Crippen molar-refractivity contribution in [2.24, 2.45) is 5.84 Å². The molecule has 0 aliphatic heterocycles. The van der Waals surface area contributed by atoms with Crippen molar-refractivity contribution in [1.29, 1.82) is 0 Å². The van der Waals surface area contributed by atoms with Gasteiger partial charge in [-0.25, -0.2) is 20.2 Å². The molecule has 100 valence electrons. The summed E-state index contributed by atoms with van der Waals surface area (Å²) >= 11 is 5.63. The average Bonchev–Trinajstić information content (AvgIpc) is 2.37. The van der Waals surface area contributed by atoms with Gasteiger partial charge in [-0.3, -0.25) is 0 Å². The average molecular weight is 282 g/mol. The Morgan fingerprint density at radius 2 is 1.89 bits per heavy atom. The number of aryl methyl sites for hydroxylation is 1. The molecule has 5 nitrogen and oxygen atoms in total. The number of hydrazine groups is 1. The Morgan fingerprint density at radius 1 is 1.21 bits per heavy atom. The minimum Gasteiger partial charge on any atom is -0.340 e. The van der Waals surface area contributed by atoms with E-state index in [4.69, 9.17) is 17.4 Å². The molecular weight excluding hydrogens is 269 g/mol. The summed E-state index contributed by atoms with van der Waals surface area (Å²) in [5.41, 5.74) is 3.78. The fourth-order valence-corrected chi connectivity index (χ4v) is 1.72. The van der Waals surface area contributed by atoms with Crippen LogP contribution in [0.25, 0.3) is 0 Å². The van der Waals surface area contributed by atoms with Gasteiger partial charge in [-0.05, 0) is 32.0 Å². The maximum atomic E-state index is 13.4. The van der Waals surface area contributed by atoms with Gasteiger partial charge in [0.1, 0.15) is 23.3 Å². The second-order valence-electron chi connectivity index (χ2n) is 3.99. The van der Waals surface area contributed by atoms with Crippen LogP contribution in [0.2, 0.25) is 5.02 Å². The number of nitrogens with one attached hydrogen (secondary N) is 2. The van der Waals surface area contributed by atoms with Crippen molar-refractivity contribution >= 4 is 28.9 Å². The first kappa shape index (κ1) is 13.5. The van der Waals surface area contributed by atoms with E-state index in [2.05, 4.69) is 20.7 Å². The number of anilines is 3. The van der Waals surface area contributed by atoms with Crippen molar-refractivity contribution < 1.29 is 4.39 Å². The number of hydrogen-bond acceptors (Lipinski definition) is 5. The molecule has 4 N–H and O–H groups in total. The van der Waals surface area contributed by atoms with Gasteiger partial charge in [-0.2, -0.15) is 0 Å². The van der Waals surface area contributed by atoms with Crippen molar-refractivity contribution in [1.82, 2.24) is 9.97 Å². The topological polar surface area (TPSA) is 75.9 Å². The van der Waals surface area contributed by atoms with Crippen molar-refractivity contribution in [3.8, 4) is 0 Å². The van der Waals surface area contributed by atoms with E-state index in [0.717, 1.165) is 5.56 Å². The van der Waals surface area contributed by atoms with E-state index in [-0.39, 0.29) is 5.02 Å². The smallest absolute Gasteiger partial charge is 0.148 e. The lowest BCUT2D eigenvalue weighted by molar-refractivity contribution is 0.629. The molecule has 7 heteroatoms. The van der Waals surface area contributed by atoms with Gasteiger partial charge >= 0.3 is 0 Å². The van der Waals surface area contributed by atoms with E-state index >= 15 is 0 Å². The number of aromatic nitrogens is 2. The van der Waals surface area contributed by atoms with Crippen LogP contribution in [0.15, 0.2) is 18.2 Å². The molecule has 2 rings (SSSR count). The van der Waals surface area contributed by atoms with Gasteiger partial charge in [-0.1, -0.05) is 11.6 Å².